The second kappa shape index (κ2) is 4.96. The summed E-state index contributed by atoms with van der Waals surface area (Å²) < 4.78 is 1.77. The number of hydrogen-bond acceptors (Lipinski definition) is 4. The number of nitrogens with zero attached hydrogens (tertiary/aromatic N) is 5. The average molecular weight is 280 g/mol. The summed E-state index contributed by atoms with van der Waals surface area (Å²) in [6.07, 6.45) is 6.35. The van der Waals surface area contributed by atoms with Crippen LogP contribution in [0.1, 0.15) is 38.3 Å². The highest BCUT2D eigenvalue weighted by Crippen LogP contribution is 2.33. The van der Waals surface area contributed by atoms with Gasteiger partial charge >= 0.3 is 0 Å². The lowest BCUT2D eigenvalue weighted by molar-refractivity contribution is 0.444. The Morgan fingerprint density at radius 2 is 2.26 bits per heavy atom. The van der Waals surface area contributed by atoms with Crippen LogP contribution in [0.25, 0.3) is 5.78 Å². The average Bonchev–Trinajstić information content (AvgIpc) is 2.88. The number of anilines is 1. The Balaban J connectivity index is 2.17. The quantitative estimate of drug-likeness (QED) is 0.848. The fraction of sp³-hybridized carbons (Fsp3) is 0.615. The first-order valence-electron chi connectivity index (χ1n) is 6.85. The highest BCUT2D eigenvalue weighted by Gasteiger charge is 2.26. The molecular formula is C13H18ClN5. The molecule has 3 heterocycles. The van der Waals surface area contributed by atoms with Crippen molar-refractivity contribution >= 4 is 23.2 Å². The number of halogens is 1. The Morgan fingerprint density at radius 3 is 3.05 bits per heavy atom. The van der Waals surface area contributed by atoms with Crippen LogP contribution >= 0.6 is 11.6 Å². The predicted molar refractivity (Wildman–Crippen MR) is 75.8 cm³/mol. The van der Waals surface area contributed by atoms with E-state index >= 15 is 0 Å². The van der Waals surface area contributed by atoms with E-state index in [1.807, 2.05) is 6.92 Å². The lowest BCUT2D eigenvalue weighted by Gasteiger charge is -2.37. The van der Waals surface area contributed by atoms with Crippen molar-refractivity contribution in [3.63, 3.8) is 0 Å². The SMILES string of the molecule is CC[C@@H]1CCCCN1c1c(Cl)c(C)nc2ncnn12. The van der Waals surface area contributed by atoms with Crippen LogP contribution in [-0.4, -0.2) is 32.2 Å². The van der Waals surface area contributed by atoms with Gasteiger partial charge in [-0.2, -0.15) is 14.6 Å². The number of piperidine rings is 1. The third-order valence-electron chi connectivity index (χ3n) is 3.88. The summed E-state index contributed by atoms with van der Waals surface area (Å²) in [6, 6.07) is 0.528. The molecule has 0 spiro atoms. The Kier molecular flexibility index (Phi) is 3.31. The van der Waals surface area contributed by atoms with Crippen LogP contribution in [0.2, 0.25) is 5.02 Å². The van der Waals surface area contributed by atoms with Gasteiger partial charge in [-0.3, -0.25) is 0 Å². The molecule has 2 aromatic heterocycles. The lowest BCUT2D eigenvalue weighted by Crippen LogP contribution is -2.40. The summed E-state index contributed by atoms with van der Waals surface area (Å²) in [4.78, 5) is 10.9. The molecule has 1 aliphatic rings. The number of aromatic nitrogens is 4. The van der Waals surface area contributed by atoms with Crippen LogP contribution in [0.4, 0.5) is 5.82 Å². The van der Waals surface area contributed by atoms with Gasteiger partial charge in [0.1, 0.15) is 11.3 Å². The molecule has 0 saturated carbocycles. The van der Waals surface area contributed by atoms with Crippen LogP contribution in [-0.2, 0) is 0 Å². The minimum atomic E-state index is 0.528. The molecule has 6 heteroatoms. The van der Waals surface area contributed by atoms with Crippen molar-refractivity contribution in [3.05, 3.63) is 17.0 Å². The molecule has 0 radical (unpaired) electrons. The molecule has 1 fully saturated rings. The van der Waals surface area contributed by atoms with E-state index < -0.39 is 0 Å². The molecular weight excluding hydrogens is 262 g/mol. The zero-order valence-corrected chi connectivity index (χ0v) is 12.1. The predicted octanol–water partition coefficient (Wildman–Crippen LogP) is 2.86. The molecule has 3 rings (SSSR count). The molecule has 0 aromatic carbocycles. The molecule has 0 aliphatic carbocycles. The second-order valence-electron chi connectivity index (χ2n) is 5.06. The Morgan fingerprint density at radius 1 is 1.42 bits per heavy atom. The standard InChI is InChI=1S/C13H18ClN5/c1-3-10-6-4-5-7-18(10)12-11(14)9(2)17-13-15-8-16-19(12)13/h8,10H,3-7H2,1-2H3/t10-/m1/s1. The first kappa shape index (κ1) is 12.7. The van der Waals surface area contributed by atoms with Gasteiger partial charge in [0.15, 0.2) is 5.82 Å². The summed E-state index contributed by atoms with van der Waals surface area (Å²) in [7, 11) is 0. The van der Waals surface area contributed by atoms with E-state index in [1.54, 1.807) is 4.52 Å². The minimum absolute atomic E-state index is 0.528. The number of aryl methyl sites for hydroxylation is 1. The summed E-state index contributed by atoms with van der Waals surface area (Å²) in [5, 5.41) is 4.97. The van der Waals surface area contributed by atoms with Crippen molar-refractivity contribution in [2.45, 2.75) is 45.6 Å². The molecule has 5 nitrogen and oxygen atoms in total. The molecule has 0 N–H and O–H groups in total. The molecule has 1 saturated heterocycles. The maximum atomic E-state index is 6.49. The highest BCUT2D eigenvalue weighted by atomic mass is 35.5. The van der Waals surface area contributed by atoms with Crippen LogP contribution < -0.4 is 4.90 Å². The van der Waals surface area contributed by atoms with E-state index in [9.17, 15) is 0 Å². The van der Waals surface area contributed by atoms with Crippen LogP contribution in [0, 0.1) is 6.92 Å². The van der Waals surface area contributed by atoms with Gasteiger partial charge in [-0.05, 0) is 32.6 Å². The molecule has 19 heavy (non-hydrogen) atoms. The Labute approximate surface area is 117 Å². The first-order chi connectivity index (χ1) is 9.22. The Hall–Kier alpha value is -1.36. The largest absolute Gasteiger partial charge is 0.352 e. The lowest BCUT2D eigenvalue weighted by atomic mass is 10.00. The maximum absolute atomic E-state index is 6.49. The number of fused-ring (bicyclic) bond motifs is 1. The second-order valence-corrected chi connectivity index (χ2v) is 5.44. The van der Waals surface area contributed by atoms with E-state index in [0.29, 0.717) is 16.8 Å². The van der Waals surface area contributed by atoms with Crippen molar-refractivity contribution in [3.8, 4) is 0 Å². The van der Waals surface area contributed by atoms with Gasteiger partial charge in [0.2, 0.25) is 0 Å². The first-order valence-corrected chi connectivity index (χ1v) is 7.22. The van der Waals surface area contributed by atoms with Crippen molar-refractivity contribution in [1.29, 1.82) is 0 Å². The van der Waals surface area contributed by atoms with Gasteiger partial charge < -0.3 is 4.90 Å². The molecule has 0 bridgehead atoms. The molecule has 102 valence electrons. The van der Waals surface area contributed by atoms with Crippen LogP contribution in [0.5, 0.6) is 0 Å². The maximum Gasteiger partial charge on any atom is 0.254 e. The number of hydrogen-bond donors (Lipinski definition) is 0. The fourth-order valence-corrected chi connectivity index (χ4v) is 3.10. The van der Waals surface area contributed by atoms with Gasteiger partial charge in [0.05, 0.1) is 5.69 Å². The monoisotopic (exact) mass is 279 g/mol. The van der Waals surface area contributed by atoms with Crippen molar-refractivity contribution < 1.29 is 0 Å². The van der Waals surface area contributed by atoms with Gasteiger partial charge in [0.25, 0.3) is 5.78 Å². The van der Waals surface area contributed by atoms with E-state index in [4.69, 9.17) is 11.6 Å². The topological polar surface area (TPSA) is 46.3 Å². The smallest absolute Gasteiger partial charge is 0.254 e. The van der Waals surface area contributed by atoms with Gasteiger partial charge in [-0.1, -0.05) is 18.5 Å². The molecule has 0 unspecified atom stereocenters. The summed E-state index contributed by atoms with van der Waals surface area (Å²) >= 11 is 6.49. The van der Waals surface area contributed by atoms with Crippen molar-refractivity contribution in [2.75, 3.05) is 11.4 Å². The third kappa shape index (κ3) is 2.06. The summed E-state index contributed by atoms with van der Waals surface area (Å²) in [5.41, 5.74) is 0.817. The number of rotatable bonds is 2. The van der Waals surface area contributed by atoms with Crippen molar-refractivity contribution in [2.24, 2.45) is 0 Å². The molecule has 2 aromatic rings. The highest BCUT2D eigenvalue weighted by molar-refractivity contribution is 6.33. The summed E-state index contributed by atoms with van der Waals surface area (Å²) in [6.45, 7) is 5.17. The normalized spacial score (nSPS) is 20.2. The van der Waals surface area contributed by atoms with Crippen LogP contribution in [0.3, 0.4) is 0 Å². The van der Waals surface area contributed by atoms with E-state index in [-0.39, 0.29) is 0 Å². The van der Waals surface area contributed by atoms with E-state index in [1.165, 1.54) is 25.6 Å². The Bertz CT molecular complexity index is 594. The molecule has 1 atom stereocenters. The van der Waals surface area contributed by atoms with Gasteiger partial charge in [0, 0.05) is 12.6 Å². The molecule has 0 amide bonds. The zero-order valence-electron chi connectivity index (χ0n) is 11.3. The van der Waals surface area contributed by atoms with E-state index in [2.05, 4.69) is 26.9 Å². The van der Waals surface area contributed by atoms with Gasteiger partial charge in [-0.15, -0.1) is 0 Å². The third-order valence-corrected chi connectivity index (χ3v) is 4.33. The van der Waals surface area contributed by atoms with Gasteiger partial charge in [-0.25, -0.2) is 4.98 Å². The van der Waals surface area contributed by atoms with Crippen molar-refractivity contribution in [1.82, 2.24) is 19.6 Å². The minimum Gasteiger partial charge on any atom is -0.352 e. The fourth-order valence-electron chi connectivity index (χ4n) is 2.87. The summed E-state index contributed by atoms with van der Waals surface area (Å²) in [5.74, 6) is 1.57. The van der Waals surface area contributed by atoms with Crippen LogP contribution in [0.15, 0.2) is 6.33 Å². The van der Waals surface area contributed by atoms with E-state index in [0.717, 1.165) is 24.5 Å². The molecule has 1 aliphatic heterocycles. The zero-order chi connectivity index (χ0) is 13.4.